The van der Waals surface area contributed by atoms with Crippen LogP contribution in [0, 0.1) is 6.92 Å². The van der Waals surface area contributed by atoms with Crippen LogP contribution in [0.15, 0.2) is 12.3 Å². The molecule has 1 aliphatic heterocycles. The largest absolute Gasteiger partial charge is 0.367 e. The van der Waals surface area contributed by atoms with Crippen molar-refractivity contribution in [3.63, 3.8) is 0 Å². The van der Waals surface area contributed by atoms with Gasteiger partial charge in [-0.1, -0.05) is 5.59 Å². The van der Waals surface area contributed by atoms with Crippen molar-refractivity contribution in [2.45, 2.75) is 6.92 Å². The average molecular weight is 137 g/mol. The van der Waals surface area contributed by atoms with Crippen LogP contribution in [0.3, 0.4) is 0 Å². The minimum Gasteiger partial charge on any atom is -0.367 e. The van der Waals surface area contributed by atoms with Gasteiger partial charge in [-0.05, 0) is 18.6 Å². The van der Waals surface area contributed by atoms with Crippen molar-refractivity contribution >= 4 is 5.69 Å². The average Bonchev–Trinajstić information content (AvgIpc) is 2.36. The topological polar surface area (TPSA) is 46.2 Å². The molecule has 1 aliphatic rings. The Balaban J connectivity index is 2.59. The van der Waals surface area contributed by atoms with Crippen LogP contribution in [0.1, 0.15) is 5.56 Å². The lowest BCUT2D eigenvalue weighted by Gasteiger charge is -1.95. The summed E-state index contributed by atoms with van der Waals surface area (Å²) in [5.41, 5.74) is 7.39. The summed E-state index contributed by atoms with van der Waals surface area (Å²) in [6, 6.07) is 1.92. The van der Waals surface area contributed by atoms with E-state index in [1.165, 1.54) is 0 Å². The normalized spacial score (nSPS) is 13.7. The molecule has 0 saturated heterocycles. The Hall–Kier alpha value is -1.29. The number of hydrazine groups is 1. The van der Waals surface area contributed by atoms with Crippen LogP contribution < -0.4 is 15.9 Å². The standard InChI is InChI=1S/C6H7N3O/c1-4-2-3-7-6-5(4)8-9-10-6/h2-3,8-9H,1H3. The summed E-state index contributed by atoms with van der Waals surface area (Å²) in [6.07, 6.45) is 1.71. The van der Waals surface area contributed by atoms with E-state index in [0.29, 0.717) is 5.88 Å². The maximum atomic E-state index is 4.91. The van der Waals surface area contributed by atoms with Gasteiger partial charge in [-0.15, -0.1) is 0 Å². The summed E-state index contributed by atoms with van der Waals surface area (Å²) >= 11 is 0. The van der Waals surface area contributed by atoms with Gasteiger partial charge in [-0.2, -0.15) is 0 Å². The monoisotopic (exact) mass is 137 g/mol. The first-order valence-corrected chi connectivity index (χ1v) is 3.01. The number of nitrogens with zero attached hydrogens (tertiary/aromatic N) is 1. The number of hydrogen-bond acceptors (Lipinski definition) is 4. The molecule has 4 nitrogen and oxygen atoms in total. The fourth-order valence-corrected chi connectivity index (χ4v) is 0.888. The Morgan fingerprint density at radius 1 is 1.60 bits per heavy atom. The Kier molecular flexibility index (Phi) is 1.01. The number of rotatable bonds is 0. The van der Waals surface area contributed by atoms with Gasteiger partial charge in [0.25, 0.3) is 5.88 Å². The molecule has 10 heavy (non-hydrogen) atoms. The van der Waals surface area contributed by atoms with Gasteiger partial charge in [-0.3, -0.25) is 5.43 Å². The molecule has 1 aromatic heterocycles. The molecular weight excluding hydrogens is 130 g/mol. The van der Waals surface area contributed by atoms with E-state index in [1.807, 2.05) is 13.0 Å². The number of aryl methyl sites for hydroxylation is 1. The number of anilines is 1. The Labute approximate surface area is 58.1 Å². The van der Waals surface area contributed by atoms with Crippen LogP contribution in [-0.4, -0.2) is 4.98 Å². The lowest BCUT2D eigenvalue weighted by molar-refractivity contribution is 0.238. The quantitative estimate of drug-likeness (QED) is 0.550. The van der Waals surface area contributed by atoms with E-state index in [4.69, 9.17) is 4.84 Å². The first-order chi connectivity index (χ1) is 4.88. The van der Waals surface area contributed by atoms with Crippen molar-refractivity contribution in [2.75, 3.05) is 5.43 Å². The number of fused-ring (bicyclic) bond motifs is 1. The summed E-state index contributed by atoms with van der Waals surface area (Å²) in [5, 5.41) is 0. The predicted molar refractivity (Wildman–Crippen MR) is 36.4 cm³/mol. The van der Waals surface area contributed by atoms with Crippen LogP contribution in [0.5, 0.6) is 5.88 Å². The molecule has 0 bridgehead atoms. The van der Waals surface area contributed by atoms with Crippen molar-refractivity contribution in [1.29, 1.82) is 0 Å². The van der Waals surface area contributed by atoms with Gasteiger partial charge in [0, 0.05) is 6.20 Å². The van der Waals surface area contributed by atoms with E-state index < -0.39 is 0 Å². The van der Waals surface area contributed by atoms with Crippen molar-refractivity contribution < 1.29 is 4.84 Å². The van der Waals surface area contributed by atoms with E-state index >= 15 is 0 Å². The molecule has 1 aromatic rings. The van der Waals surface area contributed by atoms with Crippen LogP contribution in [-0.2, 0) is 0 Å². The van der Waals surface area contributed by atoms with Crippen LogP contribution in [0.2, 0.25) is 0 Å². The summed E-state index contributed by atoms with van der Waals surface area (Å²) in [4.78, 5) is 8.88. The maximum absolute atomic E-state index is 4.91. The van der Waals surface area contributed by atoms with Gasteiger partial charge < -0.3 is 4.84 Å². The fraction of sp³-hybridized carbons (Fsp3) is 0.167. The Morgan fingerprint density at radius 2 is 2.50 bits per heavy atom. The van der Waals surface area contributed by atoms with E-state index in [-0.39, 0.29) is 0 Å². The second-order valence-electron chi connectivity index (χ2n) is 2.14. The summed E-state index contributed by atoms with van der Waals surface area (Å²) in [5.74, 6) is 0.611. The minimum absolute atomic E-state index is 0.611. The number of pyridine rings is 1. The zero-order chi connectivity index (χ0) is 6.97. The third-order valence-electron chi connectivity index (χ3n) is 1.45. The van der Waals surface area contributed by atoms with Gasteiger partial charge in [0.05, 0.1) is 0 Å². The van der Waals surface area contributed by atoms with Gasteiger partial charge in [0.15, 0.2) is 0 Å². The number of aromatic nitrogens is 1. The predicted octanol–water partition coefficient (Wildman–Crippen LogP) is 0.614. The molecule has 2 rings (SSSR count). The highest BCUT2D eigenvalue weighted by Crippen LogP contribution is 2.26. The summed E-state index contributed by atoms with van der Waals surface area (Å²) in [7, 11) is 0. The fourth-order valence-electron chi connectivity index (χ4n) is 0.888. The molecular formula is C6H7N3O. The minimum atomic E-state index is 0.611. The first-order valence-electron chi connectivity index (χ1n) is 3.01. The Bertz CT molecular complexity index is 261. The highest BCUT2D eigenvalue weighted by molar-refractivity contribution is 5.58. The molecule has 0 saturated carbocycles. The SMILES string of the molecule is Cc1ccnc2c1NNO2. The summed E-state index contributed by atoms with van der Waals surface area (Å²) < 4.78 is 0. The van der Waals surface area contributed by atoms with Crippen molar-refractivity contribution in [3.8, 4) is 5.88 Å². The van der Waals surface area contributed by atoms with Crippen LogP contribution in [0.4, 0.5) is 5.69 Å². The second kappa shape index (κ2) is 1.85. The van der Waals surface area contributed by atoms with Gasteiger partial charge in [0.2, 0.25) is 0 Å². The van der Waals surface area contributed by atoms with Crippen molar-refractivity contribution in [1.82, 2.24) is 10.6 Å². The zero-order valence-electron chi connectivity index (χ0n) is 5.51. The van der Waals surface area contributed by atoms with Gasteiger partial charge in [0.1, 0.15) is 5.69 Å². The molecule has 52 valence electrons. The zero-order valence-corrected chi connectivity index (χ0v) is 5.51. The molecule has 0 aromatic carbocycles. The molecule has 4 heteroatoms. The molecule has 2 N–H and O–H groups in total. The van der Waals surface area contributed by atoms with Crippen LogP contribution >= 0.6 is 0 Å². The van der Waals surface area contributed by atoms with E-state index in [9.17, 15) is 0 Å². The van der Waals surface area contributed by atoms with E-state index in [2.05, 4.69) is 16.0 Å². The smallest absolute Gasteiger partial charge is 0.265 e. The van der Waals surface area contributed by atoms with Crippen molar-refractivity contribution in [2.24, 2.45) is 0 Å². The molecule has 0 atom stereocenters. The molecule has 0 radical (unpaired) electrons. The lowest BCUT2D eigenvalue weighted by atomic mass is 10.2. The third kappa shape index (κ3) is 0.625. The molecule has 0 aliphatic carbocycles. The third-order valence-corrected chi connectivity index (χ3v) is 1.45. The molecule has 2 heterocycles. The second-order valence-corrected chi connectivity index (χ2v) is 2.14. The highest BCUT2D eigenvalue weighted by Gasteiger charge is 2.13. The van der Waals surface area contributed by atoms with Crippen LogP contribution in [0.25, 0.3) is 0 Å². The molecule has 0 spiro atoms. The summed E-state index contributed by atoms with van der Waals surface area (Å²) in [6.45, 7) is 1.99. The van der Waals surface area contributed by atoms with E-state index in [1.54, 1.807) is 6.20 Å². The Morgan fingerprint density at radius 3 is 3.30 bits per heavy atom. The van der Waals surface area contributed by atoms with Gasteiger partial charge in [-0.25, -0.2) is 4.98 Å². The van der Waals surface area contributed by atoms with Gasteiger partial charge >= 0.3 is 0 Å². The van der Waals surface area contributed by atoms with Crippen molar-refractivity contribution in [3.05, 3.63) is 17.8 Å². The first kappa shape index (κ1) is 5.49. The molecule has 0 unspecified atom stereocenters. The molecule has 0 fully saturated rings. The highest BCUT2D eigenvalue weighted by atomic mass is 16.7. The number of hydrogen-bond donors (Lipinski definition) is 2. The van der Waals surface area contributed by atoms with E-state index in [0.717, 1.165) is 11.3 Å². The molecule has 0 amide bonds. The maximum Gasteiger partial charge on any atom is 0.265 e. The lowest BCUT2D eigenvalue weighted by Crippen LogP contribution is -2.17. The number of nitrogens with one attached hydrogen (secondary N) is 2.